The Morgan fingerprint density at radius 2 is 1.87 bits per heavy atom. The summed E-state index contributed by atoms with van der Waals surface area (Å²) in [5, 5.41) is 22.1. The van der Waals surface area contributed by atoms with Crippen LogP contribution < -0.4 is 9.80 Å². The topological polar surface area (TPSA) is 127 Å². The number of nitrogens with zero attached hydrogens (tertiary/aromatic N) is 4. The Kier molecular flexibility index (Phi) is 5.09. The van der Waals surface area contributed by atoms with E-state index in [9.17, 15) is 34.2 Å². The monoisotopic (exact) mass is 428 g/mol. The number of nitro groups is 2. The molecule has 0 bridgehead atoms. The van der Waals surface area contributed by atoms with Crippen LogP contribution in [0.25, 0.3) is 0 Å². The molecule has 160 valence electrons. The third-order valence-electron chi connectivity index (χ3n) is 5.58. The Morgan fingerprint density at radius 3 is 2.58 bits per heavy atom. The molecule has 10 nitrogen and oxygen atoms in total. The second-order valence-corrected chi connectivity index (χ2v) is 7.46. The number of hydrogen-bond acceptors (Lipinski definition) is 6. The van der Waals surface area contributed by atoms with Gasteiger partial charge in [0.05, 0.1) is 27.1 Å². The third-order valence-corrected chi connectivity index (χ3v) is 5.58. The van der Waals surface area contributed by atoms with E-state index in [2.05, 4.69) is 0 Å². The Hall–Kier alpha value is -3.89. The molecule has 1 fully saturated rings. The quantitative estimate of drug-likeness (QED) is 0.544. The van der Waals surface area contributed by atoms with Gasteiger partial charge >= 0.3 is 5.69 Å². The summed E-state index contributed by atoms with van der Waals surface area (Å²) in [6, 6.07) is 7.54. The summed E-state index contributed by atoms with van der Waals surface area (Å²) in [6.07, 6.45) is 1.27. The molecule has 2 heterocycles. The fourth-order valence-corrected chi connectivity index (χ4v) is 4.06. The normalized spacial score (nSPS) is 18.1. The molecule has 1 unspecified atom stereocenters. The van der Waals surface area contributed by atoms with Gasteiger partial charge in [-0.2, -0.15) is 4.39 Å². The van der Waals surface area contributed by atoms with E-state index in [4.69, 9.17) is 0 Å². The van der Waals surface area contributed by atoms with Crippen molar-refractivity contribution in [1.29, 1.82) is 0 Å². The molecular formula is C20H17FN4O6. The molecule has 2 aliphatic heterocycles. The fourth-order valence-electron chi connectivity index (χ4n) is 4.06. The van der Waals surface area contributed by atoms with Crippen molar-refractivity contribution in [2.75, 3.05) is 22.9 Å². The zero-order valence-corrected chi connectivity index (χ0v) is 16.2. The summed E-state index contributed by atoms with van der Waals surface area (Å²) in [5.41, 5.74) is 0.552. The first-order valence-electron chi connectivity index (χ1n) is 9.59. The van der Waals surface area contributed by atoms with Gasteiger partial charge in [0.25, 0.3) is 5.69 Å². The maximum atomic E-state index is 13.6. The van der Waals surface area contributed by atoms with E-state index in [1.165, 1.54) is 28.0 Å². The second-order valence-electron chi connectivity index (χ2n) is 7.46. The highest BCUT2D eigenvalue weighted by Gasteiger charge is 2.39. The van der Waals surface area contributed by atoms with Crippen molar-refractivity contribution in [3.63, 3.8) is 0 Å². The van der Waals surface area contributed by atoms with Crippen LogP contribution in [0.3, 0.4) is 0 Å². The SMILES string of the molecule is O=C1CC(C(=O)N2CCCc3ccc([N+](=O)[O-])cc32)CN1c1ccc(F)c([N+](=O)[O-])c1. The molecule has 0 saturated carbocycles. The van der Waals surface area contributed by atoms with Gasteiger partial charge in [0, 0.05) is 37.7 Å². The van der Waals surface area contributed by atoms with Crippen LogP contribution in [0, 0.1) is 32.0 Å². The van der Waals surface area contributed by atoms with Crippen LogP contribution in [-0.4, -0.2) is 34.8 Å². The number of anilines is 2. The van der Waals surface area contributed by atoms with Crippen LogP contribution in [0.2, 0.25) is 0 Å². The molecule has 2 aliphatic rings. The van der Waals surface area contributed by atoms with E-state index in [0.29, 0.717) is 25.1 Å². The minimum Gasteiger partial charge on any atom is -0.312 e. The molecule has 0 radical (unpaired) electrons. The van der Waals surface area contributed by atoms with Gasteiger partial charge in [-0.3, -0.25) is 29.8 Å². The number of fused-ring (bicyclic) bond motifs is 1. The highest BCUT2D eigenvalue weighted by Crippen LogP contribution is 2.35. The fraction of sp³-hybridized carbons (Fsp3) is 0.300. The summed E-state index contributed by atoms with van der Waals surface area (Å²) in [7, 11) is 0. The molecular weight excluding hydrogens is 411 g/mol. The number of rotatable bonds is 4. The van der Waals surface area contributed by atoms with E-state index in [1.54, 1.807) is 6.07 Å². The van der Waals surface area contributed by atoms with Crippen molar-refractivity contribution in [3.8, 4) is 0 Å². The first-order valence-corrected chi connectivity index (χ1v) is 9.59. The maximum absolute atomic E-state index is 13.6. The number of carbonyl (C=O) groups excluding carboxylic acids is 2. The molecule has 31 heavy (non-hydrogen) atoms. The second kappa shape index (κ2) is 7.74. The molecule has 2 aromatic carbocycles. The van der Waals surface area contributed by atoms with Gasteiger partial charge in [0.15, 0.2) is 0 Å². The lowest BCUT2D eigenvalue weighted by Crippen LogP contribution is -2.40. The highest BCUT2D eigenvalue weighted by atomic mass is 19.1. The van der Waals surface area contributed by atoms with Gasteiger partial charge in [-0.25, -0.2) is 0 Å². The summed E-state index contributed by atoms with van der Waals surface area (Å²) >= 11 is 0. The number of nitro benzene ring substituents is 2. The number of non-ortho nitro benzene ring substituents is 1. The first kappa shape index (κ1) is 20.4. The average molecular weight is 428 g/mol. The Labute approximate surface area is 175 Å². The molecule has 0 aromatic heterocycles. The van der Waals surface area contributed by atoms with Gasteiger partial charge in [0.2, 0.25) is 17.6 Å². The van der Waals surface area contributed by atoms with E-state index >= 15 is 0 Å². The van der Waals surface area contributed by atoms with Crippen molar-refractivity contribution in [1.82, 2.24) is 0 Å². The Morgan fingerprint density at radius 1 is 1.10 bits per heavy atom. The molecule has 2 amide bonds. The lowest BCUT2D eigenvalue weighted by molar-refractivity contribution is -0.387. The number of hydrogen-bond donors (Lipinski definition) is 0. The van der Waals surface area contributed by atoms with E-state index in [1.807, 2.05) is 0 Å². The van der Waals surface area contributed by atoms with Gasteiger partial charge in [-0.05, 0) is 30.5 Å². The van der Waals surface area contributed by atoms with Gasteiger partial charge < -0.3 is 9.80 Å². The molecule has 11 heteroatoms. The van der Waals surface area contributed by atoms with Crippen LogP contribution in [0.1, 0.15) is 18.4 Å². The minimum atomic E-state index is -1.01. The van der Waals surface area contributed by atoms with Crippen LogP contribution in [0.5, 0.6) is 0 Å². The minimum absolute atomic E-state index is 0.0127. The number of amides is 2. The Balaban J connectivity index is 1.59. The largest absolute Gasteiger partial charge is 0.312 e. The molecule has 1 saturated heterocycles. The van der Waals surface area contributed by atoms with Crippen LogP contribution in [0.4, 0.5) is 27.1 Å². The third kappa shape index (κ3) is 3.69. The maximum Gasteiger partial charge on any atom is 0.306 e. The standard InChI is InChI=1S/C20H17FN4O6/c21-16-6-5-14(9-18(16)25(30)31)23-11-13(8-19(23)26)20(27)22-7-1-2-12-3-4-15(24(28)29)10-17(12)22/h3-6,9-10,13H,1-2,7-8,11H2. The van der Waals surface area contributed by atoms with Crippen molar-refractivity contribution in [2.45, 2.75) is 19.3 Å². The summed E-state index contributed by atoms with van der Waals surface area (Å²) in [6.45, 7) is 0.362. The van der Waals surface area contributed by atoms with Gasteiger partial charge in [-0.1, -0.05) is 6.07 Å². The summed E-state index contributed by atoms with van der Waals surface area (Å²) in [4.78, 5) is 49.2. The molecule has 0 aliphatic carbocycles. The van der Waals surface area contributed by atoms with Crippen LogP contribution >= 0.6 is 0 Å². The zero-order chi connectivity index (χ0) is 22.3. The summed E-state index contributed by atoms with van der Waals surface area (Å²) in [5.74, 6) is -2.48. The molecule has 1 atom stereocenters. The molecule has 4 rings (SSSR count). The van der Waals surface area contributed by atoms with E-state index in [0.717, 1.165) is 17.7 Å². The lowest BCUT2D eigenvalue weighted by Gasteiger charge is -2.31. The predicted octanol–water partition coefficient (Wildman–Crippen LogP) is 2.97. The van der Waals surface area contributed by atoms with E-state index < -0.39 is 33.2 Å². The number of benzene rings is 2. The zero-order valence-electron chi connectivity index (χ0n) is 16.2. The predicted molar refractivity (Wildman–Crippen MR) is 107 cm³/mol. The Bertz CT molecular complexity index is 1120. The smallest absolute Gasteiger partial charge is 0.306 e. The highest BCUT2D eigenvalue weighted by molar-refractivity contribution is 6.05. The van der Waals surface area contributed by atoms with Crippen LogP contribution in [0.15, 0.2) is 36.4 Å². The van der Waals surface area contributed by atoms with E-state index in [-0.39, 0.29) is 30.2 Å². The van der Waals surface area contributed by atoms with Crippen molar-refractivity contribution in [3.05, 3.63) is 68.0 Å². The van der Waals surface area contributed by atoms with Crippen molar-refractivity contribution >= 4 is 34.6 Å². The van der Waals surface area contributed by atoms with Crippen molar-refractivity contribution in [2.24, 2.45) is 5.92 Å². The number of halogens is 1. The summed E-state index contributed by atoms with van der Waals surface area (Å²) < 4.78 is 13.6. The molecule has 2 aromatic rings. The lowest BCUT2D eigenvalue weighted by atomic mass is 9.98. The van der Waals surface area contributed by atoms with Gasteiger partial charge in [-0.15, -0.1) is 0 Å². The molecule has 0 spiro atoms. The number of carbonyl (C=O) groups is 2. The number of aryl methyl sites for hydroxylation is 1. The average Bonchev–Trinajstić information content (AvgIpc) is 3.14. The first-order chi connectivity index (χ1) is 14.8. The van der Waals surface area contributed by atoms with Crippen LogP contribution in [-0.2, 0) is 16.0 Å². The van der Waals surface area contributed by atoms with Gasteiger partial charge in [0.1, 0.15) is 0 Å². The molecule has 0 N–H and O–H groups in total. The van der Waals surface area contributed by atoms with Crippen molar-refractivity contribution < 1.29 is 23.8 Å².